The van der Waals surface area contributed by atoms with Crippen LogP contribution in [0.1, 0.15) is 41.8 Å². The summed E-state index contributed by atoms with van der Waals surface area (Å²) in [4.78, 5) is 19.9. The number of likely N-dealkylation sites (tertiary alicyclic amines) is 1. The Hall–Kier alpha value is -1.72. The van der Waals surface area contributed by atoms with Gasteiger partial charge in [0.1, 0.15) is 0 Å². The minimum Gasteiger partial charge on any atom is -0.393 e. The molecule has 0 aliphatic carbocycles. The van der Waals surface area contributed by atoms with E-state index in [1.807, 2.05) is 35.5 Å². The molecule has 1 atom stereocenters. The lowest BCUT2D eigenvalue weighted by molar-refractivity contribution is -0.133. The summed E-state index contributed by atoms with van der Waals surface area (Å²) in [5, 5.41) is 10.5. The largest absolute Gasteiger partial charge is 0.393 e. The van der Waals surface area contributed by atoms with Crippen molar-refractivity contribution in [2.45, 2.75) is 51.6 Å². The topological polar surface area (TPSA) is 53.4 Å². The Kier molecular flexibility index (Phi) is 6.80. The molecule has 2 heterocycles. The van der Waals surface area contributed by atoms with E-state index in [4.69, 9.17) is 0 Å². The van der Waals surface area contributed by atoms with Crippen molar-refractivity contribution in [2.24, 2.45) is 5.92 Å². The quantitative estimate of drug-likeness (QED) is 0.808. The first-order valence-corrected chi connectivity index (χ1v) is 10.4. The van der Waals surface area contributed by atoms with Gasteiger partial charge in [0.15, 0.2) is 0 Å². The number of piperidine rings is 1. The Balaban J connectivity index is 1.39. The summed E-state index contributed by atoms with van der Waals surface area (Å²) in [7, 11) is 0. The third-order valence-corrected chi connectivity index (χ3v) is 6.41. The van der Waals surface area contributed by atoms with E-state index < -0.39 is 0 Å². The number of aromatic nitrogens is 1. The first-order valence-electron chi connectivity index (χ1n) is 9.52. The SMILES string of the molecule is Cc1ncsc1CCC(=O)N1CCC([C@@H](O)CCc2ccccc2)CC1. The standard InChI is InChI=1S/C21H28N2O2S/c1-16-20(26-15-22-16)9-10-21(25)23-13-11-18(12-14-23)19(24)8-7-17-5-3-2-4-6-17/h2-6,15,18-19,24H,7-14H2,1H3/t19-/m0/s1. The monoisotopic (exact) mass is 372 g/mol. The number of thiazole rings is 1. The second-order valence-electron chi connectivity index (χ2n) is 7.17. The van der Waals surface area contributed by atoms with Gasteiger partial charge in [-0.1, -0.05) is 30.3 Å². The molecule has 1 amide bonds. The molecule has 3 rings (SSSR count). The fraction of sp³-hybridized carbons (Fsp3) is 0.524. The summed E-state index contributed by atoms with van der Waals surface area (Å²) in [6.45, 7) is 3.54. The van der Waals surface area contributed by atoms with Crippen LogP contribution in [0.2, 0.25) is 0 Å². The Morgan fingerprint density at radius 2 is 2.00 bits per heavy atom. The van der Waals surface area contributed by atoms with Gasteiger partial charge in [-0.05, 0) is 50.5 Å². The molecule has 26 heavy (non-hydrogen) atoms. The Labute approximate surface area is 159 Å². The Morgan fingerprint density at radius 3 is 2.65 bits per heavy atom. The minimum absolute atomic E-state index is 0.232. The van der Waals surface area contributed by atoms with Crippen molar-refractivity contribution in [2.75, 3.05) is 13.1 Å². The molecule has 1 aliphatic rings. The van der Waals surface area contributed by atoms with Gasteiger partial charge in [-0.2, -0.15) is 0 Å². The van der Waals surface area contributed by atoms with Crippen LogP contribution in [0.25, 0.3) is 0 Å². The molecule has 1 aromatic carbocycles. The molecule has 1 aromatic heterocycles. The van der Waals surface area contributed by atoms with Gasteiger partial charge in [0, 0.05) is 24.4 Å². The van der Waals surface area contributed by atoms with Crippen molar-refractivity contribution in [3.05, 3.63) is 52.0 Å². The normalized spacial score (nSPS) is 16.6. The molecule has 4 nitrogen and oxygen atoms in total. The molecular formula is C21H28N2O2S. The number of nitrogens with zero attached hydrogens (tertiary/aromatic N) is 2. The summed E-state index contributed by atoms with van der Waals surface area (Å²) >= 11 is 1.63. The van der Waals surface area contributed by atoms with Crippen LogP contribution in [0.5, 0.6) is 0 Å². The molecule has 0 radical (unpaired) electrons. The molecule has 1 fully saturated rings. The zero-order valence-corrected chi connectivity index (χ0v) is 16.3. The maximum Gasteiger partial charge on any atom is 0.222 e. The van der Waals surface area contributed by atoms with Crippen molar-refractivity contribution in [1.82, 2.24) is 9.88 Å². The third-order valence-electron chi connectivity index (χ3n) is 5.42. The lowest BCUT2D eigenvalue weighted by Gasteiger charge is -2.34. The molecule has 5 heteroatoms. The number of aliphatic hydroxyl groups is 1. The number of hydrogen-bond donors (Lipinski definition) is 1. The molecule has 1 saturated heterocycles. The number of aliphatic hydroxyl groups excluding tert-OH is 1. The third kappa shape index (κ3) is 5.15. The van der Waals surface area contributed by atoms with Crippen LogP contribution in [0.4, 0.5) is 0 Å². The number of carbonyl (C=O) groups is 1. The minimum atomic E-state index is -0.271. The zero-order chi connectivity index (χ0) is 18.4. The van der Waals surface area contributed by atoms with E-state index in [1.54, 1.807) is 11.3 Å². The van der Waals surface area contributed by atoms with E-state index in [9.17, 15) is 9.90 Å². The highest BCUT2D eigenvalue weighted by Gasteiger charge is 2.27. The second-order valence-corrected chi connectivity index (χ2v) is 8.11. The van der Waals surface area contributed by atoms with E-state index in [2.05, 4.69) is 17.1 Å². The molecule has 0 unspecified atom stereocenters. The first kappa shape index (κ1) is 19.1. The van der Waals surface area contributed by atoms with E-state index in [-0.39, 0.29) is 12.0 Å². The Morgan fingerprint density at radius 1 is 1.27 bits per heavy atom. The van der Waals surface area contributed by atoms with Crippen LogP contribution in [-0.4, -0.2) is 40.1 Å². The summed E-state index contributed by atoms with van der Waals surface area (Å²) in [6, 6.07) is 10.3. The van der Waals surface area contributed by atoms with E-state index in [1.165, 1.54) is 10.4 Å². The molecule has 0 bridgehead atoms. The van der Waals surface area contributed by atoms with Gasteiger partial charge in [-0.15, -0.1) is 11.3 Å². The smallest absolute Gasteiger partial charge is 0.222 e. The van der Waals surface area contributed by atoms with Crippen molar-refractivity contribution in [3.63, 3.8) is 0 Å². The van der Waals surface area contributed by atoms with Crippen molar-refractivity contribution in [1.29, 1.82) is 0 Å². The van der Waals surface area contributed by atoms with Crippen molar-refractivity contribution >= 4 is 17.2 Å². The molecule has 0 spiro atoms. The number of amides is 1. The molecule has 0 saturated carbocycles. The Bertz CT molecular complexity index is 693. The summed E-state index contributed by atoms with van der Waals surface area (Å²) in [5.41, 5.74) is 4.16. The lowest BCUT2D eigenvalue weighted by atomic mass is 9.88. The summed E-state index contributed by atoms with van der Waals surface area (Å²) < 4.78 is 0. The highest BCUT2D eigenvalue weighted by molar-refractivity contribution is 7.09. The van der Waals surface area contributed by atoms with Crippen LogP contribution >= 0.6 is 11.3 Å². The van der Waals surface area contributed by atoms with Gasteiger partial charge in [-0.3, -0.25) is 4.79 Å². The predicted molar refractivity (Wildman–Crippen MR) is 105 cm³/mol. The van der Waals surface area contributed by atoms with Gasteiger partial charge in [0.05, 0.1) is 17.3 Å². The highest BCUT2D eigenvalue weighted by Crippen LogP contribution is 2.24. The van der Waals surface area contributed by atoms with Crippen LogP contribution < -0.4 is 0 Å². The number of hydrogen-bond acceptors (Lipinski definition) is 4. The number of benzene rings is 1. The number of aryl methyl sites for hydroxylation is 3. The fourth-order valence-electron chi connectivity index (χ4n) is 3.67. The van der Waals surface area contributed by atoms with E-state index in [0.717, 1.165) is 50.9 Å². The molecule has 1 N–H and O–H groups in total. The molecule has 140 valence electrons. The van der Waals surface area contributed by atoms with Crippen LogP contribution in [-0.2, 0) is 17.6 Å². The van der Waals surface area contributed by atoms with Gasteiger partial charge >= 0.3 is 0 Å². The van der Waals surface area contributed by atoms with Crippen LogP contribution in [0.15, 0.2) is 35.8 Å². The first-order chi connectivity index (χ1) is 12.6. The fourth-order valence-corrected chi connectivity index (χ4v) is 4.45. The van der Waals surface area contributed by atoms with Gasteiger partial charge in [0.25, 0.3) is 0 Å². The van der Waals surface area contributed by atoms with Crippen LogP contribution in [0.3, 0.4) is 0 Å². The lowest BCUT2D eigenvalue weighted by Crippen LogP contribution is -2.41. The van der Waals surface area contributed by atoms with Crippen LogP contribution in [0, 0.1) is 12.8 Å². The van der Waals surface area contributed by atoms with Gasteiger partial charge < -0.3 is 10.0 Å². The molecule has 2 aromatic rings. The number of carbonyl (C=O) groups excluding carboxylic acids is 1. The zero-order valence-electron chi connectivity index (χ0n) is 15.4. The predicted octanol–water partition coefficient (Wildman–Crippen LogP) is 3.62. The highest BCUT2D eigenvalue weighted by atomic mass is 32.1. The van der Waals surface area contributed by atoms with Gasteiger partial charge in [-0.25, -0.2) is 4.98 Å². The van der Waals surface area contributed by atoms with Crippen molar-refractivity contribution in [3.8, 4) is 0 Å². The second kappa shape index (κ2) is 9.28. The maximum absolute atomic E-state index is 12.4. The average molecular weight is 373 g/mol. The van der Waals surface area contributed by atoms with Crippen molar-refractivity contribution < 1.29 is 9.90 Å². The molecular weight excluding hydrogens is 344 g/mol. The summed E-state index contributed by atoms with van der Waals surface area (Å²) in [5.74, 6) is 0.543. The molecule has 1 aliphatic heterocycles. The maximum atomic E-state index is 12.4. The summed E-state index contributed by atoms with van der Waals surface area (Å²) in [6.07, 6.45) is 4.59. The number of rotatable bonds is 7. The van der Waals surface area contributed by atoms with E-state index in [0.29, 0.717) is 12.3 Å². The van der Waals surface area contributed by atoms with E-state index >= 15 is 0 Å². The average Bonchev–Trinajstić information content (AvgIpc) is 3.10. The van der Waals surface area contributed by atoms with Gasteiger partial charge in [0.2, 0.25) is 5.91 Å².